The molecule has 0 radical (unpaired) electrons. The summed E-state index contributed by atoms with van der Waals surface area (Å²) in [7, 11) is -3.40. The van der Waals surface area contributed by atoms with Gasteiger partial charge in [-0.2, -0.15) is 0 Å². The lowest BCUT2D eigenvalue weighted by Gasteiger charge is -2.10. The summed E-state index contributed by atoms with van der Waals surface area (Å²) in [5.74, 6) is -1.94. The van der Waals surface area contributed by atoms with Crippen molar-refractivity contribution in [3.05, 3.63) is 0 Å². The van der Waals surface area contributed by atoms with Crippen molar-refractivity contribution in [3.8, 4) is 0 Å². The number of carboxylic acids is 1. The van der Waals surface area contributed by atoms with Crippen molar-refractivity contribution in [2.75, 3.05) is 11.5 Å². The molecule has 0 saturated heterocycles. The quantitative estimate of drug-likeness (QED) is 0.704. The van der Waals surface area contributed by atoms with Crippen LogP contribution in [0.5, 0.6) is 0 Å². The Morgan fingerprint density at radius 1 is 1.31 bits per heavy atom. The lowest BCUT2D eigenvalue weighted by atomic mass is 10.1. The highest BCUT2D eigenvalue weighted by Gasteiger charge is 2.19. The standard InChI is InChI=1S/C8H16O4S/c1-3-7(4-2)5-13(11,12)6-8(9)10/h7H,3-6H2,1-2H3,(H,9,10). The van der Waals surface area contributed by atoms with Gasteiger partial charge in [0.05, 0.1) is 5.75 Å². The first-order valence-corrected chi connectivity index (χ1v) is 6.15. The number of hydrogen-bond acceptors (Lipinski definition) is 3. The Hall–Kier alpha value is -0.580. The SMILES string of the molecule is CCC(CC)CS(=O)(=O)CC(=O)O. The van der Waals surface area contributed by atoms with Crippen LogP contribution in [0.25, 0.3) is 0 Å². The summed E-state index contributed by atoms with van der Waals surface area (Å²) >= 11 is 0. The number of sulfone groups is 1. The average molecular weight is 208 g/mol. The van der Waals surface area contributed by atoms with Crippen molar-refractivity contribution in [2.24, 2.45) is 5.92 Å². The second-order valence-corrected chi connectivity index (χ2v) is 5.24. The largest absolute Gasteiger partial charge is 0.480 e. The predicted molar refractivity (Wildman–Crippen MR) is 50.4 cm³/mol. The molecule has 0 unspecified atom stereocenters. The van der Waals surface area contributed by atoms with Crippen LogP contribution in [0.1, 0.15) is 26.7 Å². The molecule has 0 fully saturated rings. The van der Waals surface area contributed by atoms with E-state index < -0.39 is 21.6 Å². The van der Waals surface area contributed by atoms with Gasteiger partial charge in [0, 0.05) is 0 Å². The summed E-state index contributed by atoms with van der Waals surface area (Å²) in [6, 6.07) is 0. The molecule has 78 valence electrons. The fraction of sp³-hybridized carbons (Fsp3) is 0.875. The minimum atomic E-state index is -3.40. The molecule has 0 heterocycles. The van der Waals surface area contributed by atoms with Gasteiger partial charge in [-0.15, -0.1) is 0 Å². The van der Waals surface area contributed by atoms with E-state index in [4.69, 9.17) is 5.11 Å². The van der Waals surface area contributed by atoms with Gasteiger partial charge in [0.15, 0.2) is 9.84 Å². The highest BCUT2D eigenvalue weighted by atomic mass is 32.2. The molecule has 0 saturated carbocycles. The lowest BCUT2D eigenvalue weighted by molar-refractivity contribution is -0.134. The zero-order valence-electron chi connectivity index (χ0n) is 7.99. The molecule has 0 aliphatic heterocycles. The maximum atomic E-state index is 11.2. The van der Waals surface area contributed by atoms with Crippen molar-refractivity contribution < 1.29 is 18.3 Å². The zero-order chi connectivity index (χ0) is 10.5. The van der Waals surface area contributed by atoms with Gasteiger partial charge in [-0.25, -0.2) is 8.42 Å². The van der Waals surface area contributed by atoms with Gasteiger partial charge >= 0.3 is 5.97 Å². The van der Waals surface area contributed by atoms with Crippen molar-refractivity contribution in [1.82, 2.24) is 0 Å². The summed E-state index contributed by atoms with van der Waals surface area (Å²) in [5.41, 5.74) is 0. The van der Waals surface area contributed by atoms with Crippen LogP contribution >= 0.6 is 0 Å². The van der Waals surface area contributed by atoms with Gasteiger partial charge in [-0.1, -0.05) is 26.7 Å². The molecule has 1 N–H and O–H groups in total. The van der Waals surface area contributed by atoms with Crippen LogP contribution in [-0.4, -0.2) is 31.0 Å². The van der Waals surface area contributed by atoms with Crippen molar-refractivity contribution in [3.63, 3.8) is 0 Å². The minimum absolute atomic E-state index is 0.00764. The molecule has 0 atom stereocenters. The zero-order valence-corrected chi connectivity index (χ0v) is 8.80. The van der Waals surface area contributed by atoms with E-state index in [2.05, 4.69) is 0 Å². The topological polar surface area (TPSA) is 71.4 Å². The average Bonchev–Trinajstić information content (AvgIpc) is 1.97. The number of carboxylic acid groups (broad SMARTS) is 1. The number of hydrogen-bond donors (Lipinski definition) is 1. The van der Waals surface area contributed by atoms with Crippen LogP contribution in [0.2, 0.25) is 0 Å². The van der Waals surface area contributed by atoms with Crippen LogP contribution in [0.15, 0.2) is 0 Å². The van der Waals surface area contributed by atoms with Crippen molar-refractivity contribution in [1.29, 1.82) is 0 Å². The van der Waals surface area contributed by atoms with Gasteiger partial charge in [-0.05, 0) is 5.92 Å². The minimum Gasteiger partial charge on any atom is -0.480 e. The van der Waals surface area contributed by atoms with Gasteiger partial charge < -0.3 is 5.11 Å². The number of carbonyl (C=O) groups is 1. The number of rotatable bonds is 6. The first-order valence-electron chi connectivity index (χ1n) is 4.33. The normalized spacial score (nSPS) is 11.9. The van der Waals surface area contributed by atoms with E-state index in [9.17, 15) is 13.2 Å². The molecule has 0 aromatic heterocycles. The molecule has 5 heteroatoms. The molecule has 4 nitrogen and oxygen atoms in total. The molecule has 0 aromatic carbocycles. The Kier molecular flexibility index (Phi) is 4.98. The Balaban J connectivity index is 4.24. The van der Waals surface area contributed by atoms with E-state index in [0.717, 1.165) is 12.8 Å². The second kappa shape index (κ2) is 5.21. The van der Waals surface area contributed by atoms with Gasteiger partial charge in [0.25, 0.3) is 0 Å². The molecule has 13 heavy (non-hydrogen) atoms. The van der Waals surface area contributed by atoms with Crippen LogP contribution in [0.3, 0.4) is 0 Å². The lowest BCUT2D eigenvalue weighted by Crippen LogP contribution is -2.22. The Labute approximate surface area is 78.9 Å². The summed E-state index contributed by atoms with van der Waals surface area (Å²) < 4.78 is 22.4. The van der Waals surface area contributed by atoms with Gasteiger partial charge in [0.1, 0.15) is 5.75 Å². The van der Waals surface area contributed by atoms with Gasteiger partial charge in [-0.3, -0.25) is 4.79 Å². The molecule has 0 aromatic rings. The van der Waals surface area contributed by atoms with Crippen molar-refractivity contribution >= 4 is 15.8 Å². The summed E-state index contributed by atoms with van der Waals surface area (Å²) in [6.07, 6.45) is 1.55. The van der Waals surface area contributed by atoms with Crippen LogP contribution in [0.4, 0.5) is 0 Å². The van der Waals surface area contributed by atoms with E-state index in [-0.39, 0.29) is 11.7 Å². The van der Waals surface area contributed by atoms with E-state index in [1.165, 1.54) is 0 Å². The third-order valence-corrected chi connectivity index (χ3v) is 3.65. The molecule has 0 amide bonds. The predicted octanol–water partition coefficient (Wildman–Crippen LogP) is 0.922. The van der Waals surface area contributed by atoms with E-state index in [0.29, 0.717) is 0 Å². The van der Waals surface area contributed by atoms with Crippen LogP contribution in [0, 0.1) is 5.92 Å². The molecular weight excluding hydrogens is 192 g/mol. The first-order chi connectivity index (χ1) is 5.91. The fourth-order valence-corrected chi connectivity index (χ4v) is 2.81. The smallest absolute Gasteiger partial charge is 0.318 e. The monoisotopic (exact) mass is 208 g/mol. The molecule has 0 aliphatic carbocycles. The third-order valence-electron chi connectivity index (χ3n) is 1.99. The van der Waals surface area contributed by atoms with E-state index in [1.807, 2.05) is 13.8 Å². The second-order valence-electron chi connectivity index (χ2n) is 3.13. The number of aliphatic carboxylic acids is 1. The van der Waals surface area contributed by atoms with Crippen molar-refractivity contribution in [2.45, 2.75) is 26.7 Å². The third kappa shape index (κ3) is 5.63. The van der Waals surface area contributed by atoms with E-state index >= 15 is 0 Å². The summed E-state index contributed by atoms with van der Waals surface area (Å²) in [5, 5.41) is 8.33. The van der Waals surface area contributed by atoms with E-state index in [1.54, 1.807) is 0 Å². The Morgan fingerprint density at radius 2 is 1.77 bits per heavy atom. The maximum Gasteiger partial charge on any atom is 0.318 e. The first kappa shape index (κ1) is 12.4. The maximum absolute atomic E-state index is 11.2. The molecule has 0 rings (SSSR count). The highest BCUT2D eigenvalue weighted by Crippen LogP contribution is 2.10. The Morgan fingerprint density at radius 3 is 2.08 bits per heavy atom. The van der Waals surface area contributed by atoms with Crippen LogP contribution < -0.4 is 0 Å². The summed E-state index contributed by atoms with van der Waals surface area (Å²) in [4.78, 5) is 10.2. The van der Waals surface area contributed by atoms with Crippen LogP contribution in [-0.2, 0) is 14.6 Å². The molecule has 0 bridgehead atoms. The Bertz CT molecular complexity index is 251. The highest BCUT2D eigenvalue weighted by molar-refractivity contribution is 7.92. The molecule has 0 aliphatic rings. The van der Waals surface area contributed by atoms with Gasteiger partial charge in [0.2, 0.25) is 0 Å². The summed E-state index contributed by atoms with van der Waals surface area (Å²) in [6.45, 7) is 3.81. The fourth-order valence-electron chi connectivity index (χ4n) is 1.13. The molecule has 0 spiro atoms. The molecular formula is C8H16O4S.